The Balaban J connectivity index is 2.80. The molecule has 0 saturated heterocycles. The van der Waals surface area contributed by atoms with Crippen LogP contribution in [0.25, 0.3) is 0 Å². The quantitative estimate of drug-likeness (QED) is 0.808. The highest BCUT2D eigenvalue weighted by Gasteiger charge is 2.08. The molecule has 3 nitrogen and oxygen atoms in total. The third kappa shape index (κ3) is 2.59. The second kappa shape index (κ2) is 5.17. The van der Waals surface area contributed by atoms with Gasteiger partial charge in [0.25, 0.3) is 0 Å². The van der Waals surface area contributed by atoms with Crippen molar-refractivity contribution in [2.24, 2.45) is 0 Å². The summed E-state index contributed by atoms with van der Waals surface area (Å²) in [5.41, 5.74) is 1.63. The lowest BCUT2D eigenvalue weighted by Gasteiger charge is -2.16. The van der Waals surface area contributed by atoms with E-state index in [0.717, 1.165) is 17.8 Å². The van der Waals surface area contributed by atoms with Crippen molar-refractivity contribution in [1.29, 1.82) is 0 Å². The number of nitrogens with zero attached hydrogens (tertiary/aromatic N) is 1. The molecule has 1 atom stereocenters. The SMILES string of the molecule is CC[C@@H](CO)Nc1ccnc(C)c1Cl. The summed E-state index contributed by atoms with van der Waals surface area (Å²) in [6.45, 7) is 3.97. The Bertz CT molecular complexity index is 300. The van der Waals surface area contributed by atoms with Gasteiger partial charge in [0.1, 0.15) is 0 Å². The number of halogens is 1. The average molecular weight is 215 g/mol. The van der Waals surface area contributed by atoms with E-state index in [9.17, 15) is 0 Å². The molecule has 14 heavy (non-hydrogen) atoms. The average Bonchev–Trinajstić information content (AvgIpc) is 2.20. The van der Waals surface area contributed by atoms with Crippen LogP contribution in [-0.4, -0.2) is 22.7 Å². The van der Waals surface area contributed by atoms with Gasteiger partial charge in [0, 0.05) is 12.2 Å². The second-order valence-electron chi connectivity index (χ2n) is 3.19. The standard InChI is InChI=1S/C10H15ClN2O/c1-3-8(6-14)13-9-4-5-12-7(2)10(9)11/h4-5,8,14H,3,6H2,1-2H3,(H,12,13)/t8-/m0/s1. The lowest BCUT2D eigenvalue weighted by Crippen LogP contribution is -2.22. The molecular formula is C10H15ClN2O. The van der Waals surface area contributed by atoms with E-state index in [0.29, 0.717) is 5.02 Å². The molecule has 78 valence electrons. The van der Waals surface area contributed by atoms with E-state index >= 15 is 0 Å². The van der Waals surface area contributed by atoms with Gasteiger partial charge in [-0.3, -0.25) is 4.98 Å². The van der Waals surface area contributed by atoms with E-state index in [1.54, 1.807) is 6.20 Å². The molecule has 1 aromatic rings. The number of nitrogens with one attached hydrogen (secondary N) is 1. The predicted octanol–water partition coefficient (Wildman–Crippen LogP) is 2.23. The van der Waals surface area contributed by atoms with E-state index < -0.39 is 0 Å². The van der Waals surface area contributed by atoms with Crippen LogP contribution in [0, 0.1) is 6.92 Å². The lowest BCUT2D eigenvalue weighted by atomic mass is 10.2. The maximum Gasteiger partial charge on any atom is 0.0849 e. The molecule has 0 aliphatic heterocycles. The lowest BCUT2D eigenvalue weighted by molar-refractivity contribution is 0.272. The fourth-order valence-electron chi connectivity index (χ4n) is 1.16. The van der Waals surface area contributed by atoms with Crippen molar-refractivity contribution in [2.45, 2.75) is 26.3 Å². The Hall–Kier alpha value is -0.800. The van der Waals surface area contributed by atoms with Gasteiger partial charge in [0.2, 0.25) is 0 Å². The first kappa shape index (κ1) is 11.3. The molecule has 0 radical (unpaired) electrons. The number of aromatic nitrogens is 1. The molecule has 0 aromatic carbocycles. The van der Waals surface area contributed by atoms with E-state index in [1.165, 1.54) is 0 Å². The molecule has 0 aliphatic rings. The summed E-state index contributed by atoms with van der Waals surface area (Å²) >= 11 is 6.04. The molecular weight excluding hydrogens is 200 g/mol. The van der Waals surface area contributed by atoms with Crippen molar-refractivity contribution in [3.8, 4) is 0 Å². The van der Waals surface area contributed by atoms with Gasteiger partial charge in [-0.05, 0) is 19.4 Å². The zero-order valence-electron chi connectivity index (χ0n) is 8.42. The first-order chi connectivity index (χ1) is 6.69. The number of anilines is 1. The molecule has 0 saturated carbocycles. The van der Waals surface area contributed by atoms with E-state index in [2.05, 4.69) is 10.3 Å². The highest BCUT2D eigenvalue weighted by atomic mass is 35.5. The molecule has 2 N–H and O–H groups in total. The highest BCUT2D eigenvalue weighted by molar-refractivity contribution is 6.33. The van der Waals surface area contributed by atoms with Gasteiger partial charge in [-0.25, -0.2) is 0 Å². The Morgan fingerprint density at radius 1 is 1.64 bits per heavy atom. The van der Waals surface area contributed by atoms with E-state index in [4.69, 9.17) is 16.7 Å². The summed E-state index contributed by atoms with van der Waals surface area (Å²) in [5.74, 6) is 0. The molecule has 0 bridgehead atoms. The van der Waals surface area contributed by atoms with Gasteiger partial charge in [0.15, 0.2) is 0 Å². The molecule has 4 heteroatoms. The fourth-order valence-corrected chi connectivity index (χ4v) is 1.32. The number of aliphatic hydroxyl groups is 1. The molecule has 0 amide bonds. The number of rotatable bonds is 4. The Kier molecular flexibility index (Phi) is 4.17. The minimum atomic E-state index is 0.0503. The molecule has 1 aromatic heterocycles. The smallest absolute Gasteiger partial charge is 0.0849 e. The number of hydrogen-bond donors (Lipinski definition) is 2. The Morgan fingerprint density at radius 3 is 2.93 bits per heavy atom. The summed E-state index contributed by atoms with van der Waals surface area (Å²) < 4.78 is 0. The largest absolute Gasteiger partial charge is 0.394 e. The molecule has 1 heterocycles. The van der Waals surface area contributed by atoms with Gasteiger partial charge in [-0.1, -0.05) is 18.5 Å². The van der Waals surface area contributed by atoms with E-state index in [-0.39, 0.29) is 12.6 Å². The van der Waals surface area contributed by atoms with Crippen molar-refractivity contribution >= 4 is 17.3 Å². The van der Waals surface area contributed by atoms with Gasteiger partial charge < -0.3 is 10.4 Å². The van der Waals surface area contributed by atoms with Crippen molar-refractivity contribution in [3.63, 3.8) is 0 Å². The summed E-state index contributed by atoms with van der Waals surface area (Å²) in [6, 6.07) is 1.86. The number of aryl methyl sites for hydroxylation is 1. The zero-order valence-corrected chi connectivity index (χ0v) is 9.17. The van der Waals surface area contributed by atoms with Gasteiger partial charge in [-0.2, -0.15) is 0 Å². The van der Waals surface area contributed by atoms with Gasteiger partial charge in [0.05, 0.1) is 23.0 Å². The summed E-state index contributed by atoms with van der Waals surface area (Å²) in [6.07, 6.45) is 2.56. The molecule has 0 aliphatic carbocycles. The number of pyridine rings is 1. The minimum Gasteiger partial charge on any atom is -0.394 e. The maximum absolute atomic E-state index is 9.03. The molecule has 0 unspecified atom stereocenters. The monoisotopic (exact) mass is 214 g/mol. The van der Waals surface area contributed by atoms with Crippen LogP contribution in [0.15, 0.2) is 12.3 Å². The topological polar surface area (TPSA) is 45.1 Å². The molecule has 0 spiro atoms. The fraction of sp³-hybridized carbons (Fsp3) is 0.500. The first-order valence-corrected chi connectivity index (χ1v) is 5.05. The third-order valence-corrected chi connectivity index (χ3v) is 2.61. The van der Waals surface area contributed by atoms with Crippen LogP contribution in [0.3, 0.4) is 0 Å². The van der Waals surface area contributed by atoms with Crippen LogP contribution in [0.5, 0.6) is 0 Å². The predicted molar refractivity (Wildman–Crippen MR) is 58.8 cm³/mol. The summed E-state index contributed by atoms with van der Waals surface area (Å²) in [4.78, 5) is 4.06. The zero-order chi connectivity index (χ0) is 10.6. The maximum atomic E-state index is 9.03. The minimum absolute atomic E-state index is 0.0503. The van der Waals surface area contributed by atoms with Crippen molar-refractivity contribution in [1.82, 2.24) is 4.98 Å². The summed E-state index contributed by atoms with van der Waals surface area (Å²) in [5, 5.41) is 12.8. The Morgan fingerprint density at radius 2 is 2.36 bits per heavy atom. The molecule has 0 fully saturated rings. The Labute approximate surface area is 89.1 Å². The van der Waals surface area contributed by atoms with Crippen molar-refractivity contribution < 1.29 is 5.11 Å². The summed E-state index contributed by atoms with van der Waals surface area (Å²) in [7, 11) is 0. The third-order valence-electron chi connectivity index (χ3n) is 2.14. The van der Waals surface area contributed by atoms with Gasteiger partial charge in [-0.15, -0.1) is 0 Å². The van der Waals surface area contributed by atoms with Crippen LogP contribution in [0.1, 0.15) is 19.0 Å². The van der Waals surface area contributed by atoms with Crippen molar-refractivity contribution in [3.05, 3.63) is 23.0 Å². The first-order valence-electron chi connectivity index (χ1n) is 4.67. The van der Waals surface area contributed by atoms with Crippen LogP contribution in [0.2, 0.25) is 5.02 Å². The molecule has 1 rings (SSSR count). The van der Waals surface area contributed by atoms with E-state index in [1.807, 2.05) is 19.9 Å². The van der Waals surface area contributed by atoms with Crippen LogP contribution >= 0.6 is 11.6 Å². The highest BCUT2D eigenvalue weighted by Crippen LogP contribution is 2.24. The second-order valence-corrected chi connectivity index (χ2v) is 3.57. The van der Waals surface area contributed by atoms with Crippen molar-refractivity contribution in [2.75, 3.05) is 11.9 Å². The normalized spacial score (nSPS) is 12.6. The number of hydrogen-bond acceptors (Lipinski definition) is 3. The van der Waals surface area contributed by atoms with Crippen LogP contribution in [-0.2, 0) is 0 Å². The number of aliphatic hydroxyl groups excluding tert-OH is 1. The van der Waals surface area contributed by atoms with Crippen LogP contribution in [0.4, 0.5) is 5.69 Å². The van der Waals surface area contributed by atoms with Crippen LogP contribution < -0.4 is 5.32 Å². The van der Waals surface area contributed by atoms with Gasteiger partial charge >= 0.3 is 0 Å².